The third kappa shape index (κ3) is 6.79. The summed E-state index contributed by atoms with van der Waals surface area (Å²) in [6.45, 7) is 7.34. The van der Waals surface area contributed by atoms with Gasteiger partial charge in [-0.3, -0.25) is 4.79 Å². The van der Waals surface area contributed by atoms with E-state index in [-0.39, 0.29) is 11.7 Å². The Labute approximate surface area is 243 Å². The topological polar surface area (TPSA) is 90.6 Å². The Morgan fingerprint density at radius 2 is 1.83 bits per heavy atom. The van der Waals surface area contributed by atoms with Gasteiger partial charge in [0.2, 0.25) is 5.91 Å². The van der Waals surface area contributed by atoms with Crippen LogP contribution in [0.3, 0.4) is 0 Å². The lowest BCUT2D eigenvalue weighted by atomic mass is 10.0. The SMILES string of the molecule is CC(C)(C)OC(=O)N[C@H](Cc1ccc(Cl)cc1)C(=O)N1CCN(c2c(-c3cccc(F)c3)cnc3[nH]ccc23)CC1. The number of nitrogens with zero attached hydrogens (tertiary/aromatic N) is 3. The minimum Gasteiger partial charge on any atom is -0.444 e. The van der Waals surface area contributed by atoms with Crippen molar-refractivity contribution in [3.8, 4) is 11.1 Å². The van der Waals surface area contributed by atoms with Gasteiger partial charge in [0.25, 0.3) is 0 Å². The maximum atomic E-state index is 14.1. The summed E-state index contributed by atoms with van der Waals surface area (Å²) in [4.78, 5) is 38.1. The van der Waals surface area contributed by atoms with Gasteiger partial charge in [-0.2, -0.15) is 0 Å². The number of aromatic nitrogens is 2. The summed E-state index contributed by atoms with van der Waals surface area (Å²) < 4.78 is 19.6. The first-order chi connectivity index (χ1) is 19.6. The van der Waals surface area contributed by atoms with Crippen molar-refractivity contribution in [2.45, 2.75) is 38.8 Å². The molecule has 0 aliphatic carbocycles. The van der Waals surface area contributed by atoms with Crippen LogP contribution in [0.1, 0.15) is 26.3 Å². The second kappa shape index (κ2) is 11.8. The molecule has 5 rings (SSSR count). The Morgan fingerprint density at radius 1 is 1.10 bits per heavy atom. The zero-order valence-electron chi connectivity index (χ0n) is 23.3. The summed E-state index contributed by atoms with van der Waals surface area (Å²) in [5.41, 5.74) is 3.41. The Bertz CT molecular complexity index is 1540. The number of halogens is 2. The molecule has 2 N–H and O–H groups in total. The molecule has 1 aliphatic heterocycles. The van der Waals surface area contributed by atoms with Gasteiger partial charge >= 0.3 is 6.09 Å². The van der Waals surface area contributed by atoms with Gasteiger partial charge in [-0.25, -0.2) is 14.2 Å². The molecule has 10 heteroatoms. The van der Waals surface area contributed by atoms with Crippen LogP contribution < -0.4 is 10.2 Å². The molecule has 0 bridgehead atoms. The second-order valence-corrected chi connectivity index (χ2v) is 11.5. The zero-order chi connectivity index (χ0) is 29.1. The van der Waals surface area contributed by atoms with Crippen molar-refractivity contribution in [3.05, 3.63) is 83.4 Å². The van der Waals surface area contributed by atoms with Gasteiger partial charge in [0.05, 0.1) is 5.69 Å². The van der Waals surface area contributed by atoms with Gasteiger partial charge < -0.3 is 24.8 Å². The van der Waals surface area contributed by atoms with Crippen LogP contribution in [-0.2, 0) is 16.0 Å². The average molecular weight is 578 g/mol. The Hall–Kier alpha value is -4.11. The van der Waals surface area contributed by atoms with Crippen molar-refractivity contribution in [2.24, 2.45) is 0 Å². The average Bonchev–Trinajstić information content (AvgIpc) is 3.41. The van der Waals surface area contributed by atoms with Crippen LogP contribution in [0.25, 0.3) is 22.2 Å². The van der Waals surface area contributed by atoms with Crippen molar-refractivity contribution < 1.29 is 18.7 Å². The molecule has 4 aromatic rings. The second-order valence-electron chi connectivity index (χ2n) is 11.1. The number of hydrogen-bond donors (Lipinski definition) is 2. The van der Waals surface area contributed by atoms with Crippen LogP contribution in [0, 0.1) is 5.82 Å². The molecular formula is C31H33ClFN5O3. The van der Waals surface area contributed by atoms with E-state index >= 15 is 0 Å². The lowest BCUT2D eigenvalue weighted by Gasteiger charge is -2.38. The van der Waals surface area contributed by atoms with E-state index in [0.717, 1.165) is 33.4 Å². The normalized spacial score (nSPS) is 14.7. The smallest absolute Gasteiger partial charge is 0.408 e. The number of ether oxygens (including phenoxy) is 1. The fourth-order valence-electron chi connectivity index (χ4n) is 5.08. The number of anilines is 1. The molecular weight excluding hydrogens is 545 g/mol. The molecule has 1 atom stereocenters. The van der Waals surface area contributed by atoms with Crippen molar-refractivity contribution >= 4 is 40.3 Å². The number of rotatable bonds is 6. The number of amides is 2. The first-order valence-corrected chi connectivity index (χ1v) is 13.9. The molecule has 0 radical (unpaired) electrons. The van der Waals surface area contributed by atoms with Gasteiger partial charge in [-0.1, -0.05) is 35.9 Å². The highest BCUT2D eigenvalue weighted by atomic mass is 35.5. The lowest BCUT2D eigenvalue weighted by Crippen LogP contribution is -2.56. The number of aromatic amines is 1. The van der Waals surface area contributed by atoms with Crippen LogP contribution in [0.2, 0.25) is 5.02 Å². The number of nitrogens with one attached hydrogen (secondary N) is 2. The molecule has 0 saturated carbocycles. The van der Waals surface area contributed by atoms with Crippen LogP contribution in [-0.4, -0.2) is 64.7 Å². The summed E-state index contributed by atoms with van der Waals surface area (Å²) >= 11 is 6.05. The number of carbonyl (C=O) groups is 2. The number of benzene rings is 2. The van der Waals surface area contributed by atoms with E-state index in [4.69, 9.17) is 16.3 Å². The highest BCUT2D eigenvalue weighted by Gasteiger charge is 2.31. The fraction of sp³-hybridized carbons (Fsp3) is 0.323. The highest BCUT2D eigenvalue weighted by Crippen LogP contribution is 2.37. The molecule has 41 heavy (non-hydrogen) atoms. The maximum Gasteiger partial charge on any atom is 0.408 e. The Balaban J connectivity index is 1.36. The molecule has 214 valence electrons. The van der Waals surface area contributed by atoms with Gasteiger partial charge in [0, 0.05) is 61.0 Å². The minimum absolute atomic E-state index is 0.183. The quantitative estimate of drug-likeness (QED) is 0.302. The number of H-pyrrole nitrogens is 1. The number of pyridine rings is 1. The number of hydrogen-bond acceptors (Lipinski definition) is 5. The molecule has 0 spiro atoms. The molecule has 8 nitrogen and oxygen atoms in total. The van der Waals surface area contributed by atoms with E-state index < -0.39 is 17.7 Å². The summed E-state index contributed by atoms with van der Waals surface area (Å²) in [5, 5.41) is 4.31. The van der Waals surface area contributed by atoms with Crippen molar-refractivity contribution in [3.63, 3.8) is 0 Å². The van der Waals surface area contributed by atoms with E-state index in [0.29, 0.717) is 37.6 Å². The van der Waals surface area contributed by atoms with Crippen LogP contribution in [0.5, 0.6) is 0 Å². The summed E-state index contributed by atoms with van der Waals surface area (Å²) in [5.74, 6) is -0.500. The molecule has 2 amide bonds. The van der Waals surface area contributed by atoms with E-state index in [9.17, 15) is 14.0 Å². The summed E-state index contributed by atoms with van der Waals surface area (Å²) in [6.07, 6.45) is 3.25. The standard InChI is InChI=1S/C31H33ClFN5O3/c1-31(2,3)41-30(40)36-26(17-20-7-9-22(32)10-8-20)29(39)38-15-13-37(14-16-38)27-24-11-12-34-28(24)35-19-25(27)21-5-4-6-23(33)18-21/h4-12,18-19,26H,13-17H2,1-3H3,(H,34,35)(H,36,40)/t26-/m1/s1. The van der Waals surface area contributed by atoms with Crippen LogP contribution in [0.4, 0.5) is 14.9 Å². The zero-order valence-corrected chi connectivity index (χ0v) is 24.0. The maximum absolute atomic E-state index is 14.1. The largest absolute Gasteiger partial charge is 0.444 e. The minimum atomic E-state index is -0.808. The van der Waals surface area contributed by atoms with Gasteiger partial charge in [0.15, 0.2) is 0 Å². The number of alkyl carbamates (subject to hydrolysis) is 1. The molecule has 3 heterocycles. The van der Waals surface area contributed by atoms with Crippen molar-refractivity contribution in [2.75, 3.05) is 31.1 Å². The summed E-state index contributed by atoms with van der Waals surface area (Å²) in [7, 11) is 0. The van der Waals surface area contributed by atoms with Gasteiger partial charge in [0.1, 0.15) is 23.1 Å². The van der Waals surface area contributed by atoms with E-state index in [1.165, 1.54) is 12.1 Å². The monoisotopic (exact) mass is 577 g/mol. The van der Waals surface area contributed by atoms with Crippen LogP contribution >= 0.6 is 11.6 Å². The lowest BCUT2D eigenvalue weighted by molar-refractivity contribution is -0.133. The third-order valence-electron chi connectivity index (χ3n) is 6.94. The Morgan fingerprint density at radius 3 is 2.51 bits per heavy atom. The summed E-state index contributed by atoms with van der Waals surface area (Å²) in [6, 6.07) is 14.8. The van der Waals surface area contributed by atoms with Crippen molar-refractivity contribution in [1.29, 1.82) is 0 Å². The van der Waals surface area contributed by atoms with Crippen molar-refractivity contribution in [1.82, 2.24) is 20.2 Å². The van der Waals surface area contributed by atoms with Crippen LogP contribution in [0.15, 0.2) is 67.0 Å². The first kappa shape index (κ1) is 28.4. The highest BCUT2D eigenvalue weighted by molar-refractivity contribution is 6.30. The van der Waals surface area contributed by atoms with E-state index in [2.05, 4.69) is 20.2 Å². The van der Waals surface area contributed by atoms with Gasteiger partial charge in [-0.05, 0) is 62.2 Å². The predicted molar refractivity (Wildman–Crippen MR) is 159 cm³/mol. The van der Waals surface area contributed by atoms with Gasteiger partial charge in [-0.15, -0.1) is 0 Å². The third-order valence-corrected chi connectivity index (χ3v) is 7.20. The number of fused-ring (bicyclic) bond motifs is 1. The predicted octanol–water partition coefficient (Wildman–Crippen LogP) is 5.81. The molecule has 1 aliphatic rings. The van der Waals surface area contributed by atoms with E-state index in [1.54, 1.807) is 50.1 Å². The number of piperazine rings is 1. The first-order valence-electron chi connectivity index (χ1n) is 13.6. The molecule has 1 saturated heterocycles. The Kier molecular flexibility index (Phi) is 8.17. The molecule has 1 fully saturated rings. The van der Waals surface area contributed by atoms with E-state index in [1.807, 2.05) is 30.5 Å². The fourth-order valence-corrected chi connectivity index (χ4v) is 5.20. The molecule has 2 aromatic carbocycles. The number of carbonyl (C=O) groups excluding carboxylic acids is 2. The molecule has 2 aromatic heterocycles. The molecule has 0 unspecified atom stereocenters.